The van der Waals surface area contributed by atoms with Crippen LogP contribution in [0.25, 0.3) is 0 Å². The van der Waals surface area contributed by atoms with Crippen molar-refractivity contribution < 1.29 is 4.74 Å². The first-order valence-corrected chi connectivity index (χ1v) is 6.30. The summed E-state index contributed by atoms with van der Waals surface area (Å²) < 4.78 is 5.68. The lowest BCUT2D eigenvalue weighted by Gasteiger charge is -2.35. The number of hydrogen-bond donors (Lipinski definition) is 1. The maximum absolute atomic E-state index is 5.68. The number of rotatable bonds is 4. The maximum Gasteiger partial charge on any atom is 0.0551 e. The van der Waals surface area contributed by atoms with E-state index in [2.05, 4.69) is 39.9 Å². The van der Waals surface area contributed by atoms with E-state index in [1.165, 1.54) is 12.8 Å². The molecular weight excluding hydrogens is 186 g/mol. The van der Waals surface area contributed by atoms with Crippen molar-refractivity contribution in [3.8, 4) is 0 Å². The van der Waals surface area contributed by atoms with Crippen LogP contribution >= 0.6 is 0 Å². The highest BCUT2D eigenvalue weighted by Gasteiger charge is 2.35. The lowest BCUT2D eigenvalue weighted by Crippen LogP contribution is -2.46. The van der Waals surface area contributed by atoms with Crippen molar-refractivity contribution in [3.05, 3.63) is 0 Å². The smallest absolute Gasteiger partial charge is 0.0551 e. The molecule has 2 heteroatoms. The third-order valence-electron chi connectivity index (χ3n) is 3.25. The van der Waals surface area contributed by atoms with Crippen LogP contribution in [0, 0.1) is 11.3 Å². The molecule has 0 bridgehead atoms. The summed E-state index contributed by atoms with van der Waals surface area (Å²) in [6.45, 7) is 13.4. The summed E-state index contributed by atoms with van der Waals surface area (Å²) in [6.07, 6.45) is 2.86. The Hall–Kier alpha value is -0.0800. The molecule has 1 N–H and O–H groups in total. The van der Waals surface area contributed by atoms with Crippen molar-refractivity contribution in [2.24, 2.45) is 11.3 Å². The number of ether oxygens (including phenoxy) is 1. The highest BCUT2D eigenvalue weighted by atomic mass is 16.5. The fraction of sp³-hybridized carbons (Fsp3) is 1.00. The van der Waals surface area contributed by atoms with Gasteiger partial charge in [0.05, 0.1) is 12.7 Å². The molecule has 2 nitrogen and oxygen atoms in total. The second-order valence-corrected chi connectivity index (χ2v) is 5.94. The molecular formula is C13H27NO. The summed E-state index contributed by atoms with van der Waals surface area (Å²) in [4.78, 5) is 0. The van der Waals surface area contributed by atoms with Crippen LogP contribution in [0.4, 0.5) is 0 Å². The first kappa shape index (κ1) is 13.0. The number of nitrogens with one attached hydrogen (secondary N) is 1. The topological polar surface area (TPSA) is 21.3 Å². The van der Waals surface area contributed by atoms with Gasteiger partial charge in [-0.1, -0.05) is 27.7 Å². The maximum atomic E-state index is 5.68. The van der Waals surface area contributed by atoms with E-state index in [4.69, 9.17) is 4.74 Å². The fourth-order valence-corrected chi connectivity index (χ4v) is 2.56. The van der Waals surface area contributed by atoms with Crippen LogP contribution in [0.5, 0.6) is 0 Å². The van der Waals surface area contributed by atoms with Crippen LogP contribution in [0.3, 0.4) is 0 Å². The van der Waals surface area contributed by atoms with E-state index in [1.54, 1.807) is 0 Å². The number of hydrogen-bond acceptors (Lipinski definition) is 2. The van der Waals surface area contributed by atoms with E-state index in [0.717, 1.165) is 13.2 Å². The van der Waals surface area contributed by atoms with Gasteiger partial charge < -0.3 is 10.1 Å². The summed E-state index contributed by atoms with van der Waals surface area (Å²) in [6, 6.07) is 0.586. The molecule has 0 amide bonds. The Morgan fingerprint density at radius 3 is 2.47 bits per heavy atom. The van der Waals surface area contributed by atoms with E-state index < -0.39 is 0 Å². The van der Waals surface area contributed by atoms with E-state index in [0.29, 0.717) is 23.5 Å². The molecule has 1 fully saturated rings. The fourth-order valence-electron chi connectivity index (χ4n) is 2.56. The predicted octanol–water partition coefficient (Wildman–Crippen LogP) is 2.83. The van der Waals surface area contributed by atoms with E-state index >= 15 is 0 Å². The molecule has 1 aliphatic heterocycles. The van der Waals surface area contributed by atoms with Crippen molar-refractivity contribution in [3.63, 3.8) is 0 Å². The molecule has 0 aliphatic carbocycles. The molecule has 90 valence electrons. The molecule has 15 heavy (non-hydrogen) atoms. The molecule has 3 unspecified atom stereocenters. The monoisotopic (exact) mass is 213 g/mol. The third-order valence-corrected chi connectivity index (χ3v) is 3.25. The van der Waals surface area contributed by atoms with E-state index in [-0.39, 0.29) is 0 Å². The van der Waals surface area contributed by atoms with Gasteiger partial charge in [-0.3, -0.25) is 0 Å². The zero-order valence-corrected chi connectivity index (χ0v) is 11.0. The Morgan fingerprint density at radius 1 is 1.40 bits per heavy atom. The highest BCUT2D eigenvalue weighted by molar-refractivity contribution is 4.89. The highest BCUT2D eigenvalue weighted by Crippen LogP contribution is 2.32. The SMILES string of the molecule is CCCNC(C1COC(C)C1)C(C)(C)C. The summed E-state index contributed by atoms with van der Waals surface area (Å²) in [7, 11) is 0. The molecule has 0 saturated carbocycles. The normalized spacial score (nSPS) is 29.4. The van der Waals surface area contributed by atoms with Crippen LogP contribution in [0.15, 0.2) is 0 Å². The Kier molecular flexibility index (Phi) is 4.60. The first-order valence-electron chi connectivity index (χ1n) is 6.30. The molecule has 0 spiro atoms. The van der Waals surface area contributed by atoms with Gasteiger partial charge in [0, 0.05) is 12.0 Å². The zero-order chi connectivity index (χ0) is 11.5. The van der Waals surface area contributed by atoms with E-state index in [1.807, 2.05) is 0 Å². The van der Waals surface area contributed by atoms with Crippen molar-refractivity contribution in [1.82, 2.24) is 5.32 Å². The predicted molar refractivity (Wildman–Crippen MR) is 65.1 cm³/mol. The molecule has 1 aliphatic rings. The van der Waals surface area contributed by atoms with Gasteiger partial charge in [0.1, 0.15) is 0 Å². The van der Waals surface area contributed by atoms with Crippen molar-refractivity contribution in [2.75, 3.05) is 13.2 Å². The van der Waals surface area contributed by atoms with Gasteiger partial charge in [0.15, 0.2) is 0 Å². The Balaban J connectivity index is 2.56. The summed E-state index contributed by atoms with van der Waals surface area (Å²) in [5.41, 5.74) is 0.327. The second-order valence-electron chi connectivity index (χ2n) is 5.94. The van der Waals surface area contributed by atoms with Crippen LogP contribution in [0.2, 0.25) is 0 Å². The summed E-state index contributed by atoms with van der Waals surface area (Å²) >= 11 is 0. The Bertz CT molecular complexity index is 185. The molecule has 0 aromatic rings. The van der Waals surface area contributed by atoms with E-state index in [9.17, 15) is 0 Å². The Morgan fingerprint density at radius 2 is 2.07 bits per heavy atom. The minimum Gasteiger partial charge on any atom is -0.378 e. The van der Waals surface area contributed by atoms with Crippen LogP contribution < -0.4 is 5.32 Å². The lowest BCUT2D eigenvalue weighted by atomic mass is 9.78. The molecule has 1 saturated heterocycles. The van der Waals surface area contributed by atoms with Crippen LogP contribution in [-0.2, 0) is 4.74 Å². The molecule has 0 aromatic carbocycles. The summed E-state index contributed by atoms with van der Waals surface area (Å²) in [5, 5.41) is 3.69. The standard InChI is InChI=1S/C13H27NO/c1-6-7-14-12(13(3,4)5)11-8-10(2)15-9-11/h10-12,14H,6-9H2,1-5H3. The minimum absolute atomic E-state index is 0.327. The minimum atomic E-state index is 0.327. The van der Waals surface area contributed by atoms with Crippen molar-refractivity contribution in [1.29, 1.82) is 0 Å². The quantitative estimate of drug-likeness (QED) is 0.775. The molecule has 1 rings (SSSR count). The van der Waals surface area contributed by atoms with Crippen LogP contribution in [-0.4, -0.2) is 25.3 Å². The second kappa shape index (κ2) is 5.31. The molecule has 0 radical (unpaired) electrons. The molecule has 0 aromatic heterocycles. The van der Waals surface area contributed by atoms with Crippen molar-refractivity contribution >= 4 is 0 Å². The average Bonchev–Trinajstić information content (AvgIpc) is 2.50. The molecule has 3 atom stereocenters. The van der Waals surface area contributed by atoms with Gasteiger partial charge >= 0.3 is 0 Å². The summed E-state index contributed by atoms with van der Waals surface area (Å²) in [5.74, 6) is 0.687. The molecule has 1 heterocycles. The van der Waals surface area contributed by atoms with Gasteiger partial charge in [-0.25, -0.2) is 0 Å². The van der Waals surface area contributed by atoms with Crippen LogP contribution in [0.1, 0.15) is 47.5 Å². The van der Waals surface area contributed by atoms with Gasteiger partial charge in [0.2, 0.25) is 0 Å². The third kappa shape index (κ3) is 3.76. The van der Waals surface area contributed by atoms with Gasteiger partial charge in [-0.2, -0.15) is 0 Å². The van der Waals surface area contributed by atoms with Gasteiger partial charge in [-0.15, -0.1) is 0 Å². The van der Waals surface area contributed by atoms with Gasteiger partial charge in [0.25, 0.3) is 0 Å². The average molecular weight is 213 g/mol. The Labute approximate surface area is 94.8 Å². The first-order chi connectivity index (χ1) is 6.95. The largest absolute Gasteiger partial charge is 0.378 e. The van der Waals surface area contributed by atoms with Gasteiger partial charge in [-0.05, 0) is 31.7 Å². The zero-order valence-electron chi connectivity index (χ0n) is 11.0. The van der Waals surface area contributed by atoms with Crippen molar-refractivity contribution in [2.45, 2.75) is 59.6 Å². The lowest BCUT2D eigenvalue weighted by molar-refractivity contribution is 0.107.